The van der Waals surface area contributed by atoms with Gasteiger partial charge in [-0.05, 0) is 35.4 Å². The van der Waals surface area contributed by atoms with Crippen LogP contribution in [-0.4, -0.2) is 34.9 Å². The number of rotatable bonds is 2. The maximum absolute atomic E-state index is 13.3. The average molecular weight is 380 g/mol. The molecule has 0 unspecified atom stereocenters. The fraction of sp³-hybridized carbons (Fsp3) is 0.200. The number of carbonyl (C=O) groups excluding carboxylic acids is 3. The third-order valence-electron chi connectivity index (χ3n) is 5.53. The normalized spacial score (nSPS) is 27.8. The van der Waals surface area contributed by atoms with Crippen LogP contribution in [0.4, 0.5) is 0 Å². The summed E-state index contributed by atoms with van der Waals surface area (Å²) in [5.74, 6) is -2.42. The Morgan fingerprint density at radius 1 is 1.00 bits per heavy atom. The average Bonchev–Trinajstić information content (AvgIpc) is 3.17. The van der Waals surface area contributed by atoms with Crippen molar-refractivity contribution in [1.82, 2.24) is 10.3 Å². The monoisotopic (exact) mass is 379 g/mol. The molecule has 2 aromatic rings. The van der Waals surface area contributed by atoms with Crippen molar-refractivity contribution in [1.29, 1.82) is 0 Å². The largest absolute Gasteiger partial charge is 0.296 e. The highest BCUT2D eigenvalue weighted by Crippen LogP contribution is 2.50. The van der Waals surface area contributed by atoms with Gasteiger partial charge in [0.15, 0.2) is 5.78 Å². The summed E-state index contributed by atoms with van der Waals surface area (Å²) in [6.07, 6.45) is 1.68. The van der Waals surface area contributed by atoms with Gasteiger partial charge in [0.2, 0.25) is 11.8 Å². The Bertz CT molecular complexity index is 1020. The van der Waals surface area contributed by atoms with Crippen molar-refractivity contribution < 1.29 is 14.4 Å². The lowest BCUT2D eigenvalue weighted by Crippen LogP contribution is -2.43. The van der Waals surface area contributed by atoms with Crippen molar-refractivity contribution in [3.05, 3.63) is 70.2 Å². The van der Waals surface area contributed by atoms with Crippen LogP contribution in [0.1, 0.15) is 27.5 Å². The highest BCUT2D eigenvalue weighted by molar-refractivity contribution is 6.30. The summed E-state index contributed by atoms with van der Waals surface area (Å²) in [5, 5.41) is 9.01. The zero-order valence-electron chi connectivity index (χ0n) is 14.0. The highest BCUT2D eigenvalue weighted by Gasteiger charge is 2.62. The number of amides is 2. The number of ketones is 1. The lowest BCUT2D eigenvalue weighted by Gasteiger charge is -2.32. The molecule has 3 aliphatic rings. The molecule has 27 heavy (non-hydrogen) atoms. The van der Waals surface area contributed by atoms with E-state index in [1.165, 1.54) is 0 Å². The van der Waals surface area contributed by atoms with Crippen LogP contribution in [0.3, 0.4) is 0 Å². The van der Waals surface area contributed by atoms with Crippen molar-refractivity contribution in [2.75, 3.05) is 0 Å². The number of hydrazone groups is 1. The van der Waals surface area contributed by atoms with Crippen molar-refractivity contribution >= 4 is 35.4 Å². The molecule has 0 aliphatic carbocycles. The Hall–Kier alpha value is -2.99. The van der Waals surface area contributed by atoms with E-state index in [4.69, 9.17) is 11.6 Å². The number of hydrogen-bond donors (Lipinski definition) is 1. The minimum Gasteiger partial charge on any atom is -0.296 e. The van der Waals surface area contributed by atoms with Gasteiger partial charge in [0.25, 0.3) is 0 Å². The molecule has 134 valence electrons. The van der Waals surface area contributed by atoms with E-state index in [-0.39, 0.29) is 11.7 Å². The van der Waals surface area contributed by atoms with Gasteiger partial charge < -0.3 is 0 Å². The first-order chi connectivity index (χ1) is 13.1. The van der Waals surface area contributed by atoms with Crippen molar-refractivity contribution in [3.63, 3.8) is 0 Å². The Morgan fingerprint density at radius 2 is 1.70 bits per heavy atom. The summed E-state index contributed by atoms with van der Waals surface area (Å²) in [4.78, 5) is 38.3. The van der Waals surface area contributed by atoms with E-state index in [9.17, 15) is 14.4 Å². The molecule has 3 aliphatic heterocycles. The third kappa shape index (κ3) is 2.26. The number of benzene rings is 2. The van der Waals surface area contributed by atoms with E-state index in [0.717, 1.165) is 11.1 Å². The maximum atomic E-state index is 13.3. The standard InChI is InChI=1S/C20H14ClN3O3/c21-12-7-5-10(6-8-12)18(25)17-15-14(19(26)23-20(15)27)16-13-4-2-1-3-11(13)9-22-24(16)17/h1-9,14-17H,(H,23,26,27)/t14-,15+,16-,17+/m0/s1. The Balaban J connectivity index is 1.64. The quantitative estimate of drug-likeness (QED) is 0.640. The molecule has 2 fully saturated rings. The molecular formula is C20H14ClN3O3. The predicted molar refractivity (Wildman–Crippen MR) is 98.3 cm³/mol. The van der Waals surface area contributed by atoms with E-state index in [1.54, 1.807) is 35.5 Å². The minimum atomic E-state index is -0.836. The molecule has 2 amide bonds. The molecule has 2 saturated heterocycles. The van der Waals surface area contributed by atoms with Gasteiger partial charge >= 0.3 is 0 Å². The van der Waals surface area contributed by atoms with Crippen molar-refractivity contribution in [2.24, 2.45) is 16.9 Å². The topological polar surface area (TPSA) is 78.8 Å². The van der Waals surface area contributed by atoms with E-state index in [1.807, 2.05) is 24.3 Å². The lowest BCUT2D eigenvalue weighted by molar-refractivity contribution is -0.127. The second-order valence-corrected chi connectivity index (χ2v) is 7.36. The van der Waals surface area contributed by atoms with Crippen LogP contribution < -0.4 is 5.32 Å². The van der Waals surface area contributed by atoms with Gasteiger partial charge in [-0.2, -0.15) is 5.10 Å². The van der Waals surface area contributed by atoms with Crippen LogP contribution in [-0.2, 0) is 9.59 Å². The third-order valence-corrected chi connectivity index (χ3v) is 5.78. The summed E-state index contributed by atoms with van der Waals surface area (Å²) in [6, 6.07) is 12.8. The van der Waals surface area contributed by atoms with Crippen LogP contribution in [0.2, 0.25) is 5.02 Å². The van der Waals surface area contributed by atoms with E-state index in [2.05, 4.69) is 10.4 Å². The molecule has 7 heteroatoms. The molecule has 0 aromatic heterocycles. The molecule has 0 bridgehead atoms. The molecule has 4 atom stereocenters. The molecule has 3 heterocycles. The number of nitrogens with one attached hydrogen (secondary N) is 1. The van der Waals surface area contributed by atoms with Crippen LogP contribution in [0.25, 0.3) is 0 Å². The zero-order chi connectivity index (χ0) is 18.7. The molecule has 5 rings (SSSR count). The van der Waals surface area contributed by atoms with Gasteiger partial charge in [0, 0.05) is 10.6 Å². The van der Waals surface area contributed by atoms with Crippen molar-refractivity contribution in [2.45, 2.75) is 12.1 Å². The smallest absolute Gasteiger partial charge is 0.233 e. The molecular weight excluding hydrogens is 366 g/mol. The van der Waals surface area contributed by atoms with Gasteiger partial charge in [0.1, 0.15) is 6.04 Å². The number of hydrogen-bond acceptors (Lipinski definition) is 5. The van der Waals surface area contributed by atoms with Gasteiger partial charge in [-0.1, -0.05) is 35.9 Å². The minimum absolute atomic E-state index is 0.245. The molecule has 1 N–H and O–H groups in total. The summed E-state index contributed by atoms with van der Waals surface area (Å²) < 4.78 is 0. The van der Waals surface area contributed by atoms with E-state index in [0.29, 0.717) is 10.6 Å². The van der Waals surface area contributed by atoms with Crippen LogP contribution >= 0.6 is 11.6 Å². The maximum Gasteiger partial charge on any atom is 0.233 e. The zero-order valence-corrected chi connectivity index (χ0v) is 14.8. The summed E-state index contributed by atoms with van der Waals surface area (Å²) in [7, 11) is 0. The van der Waals surface area contributed by atoms with Crippen LogP contribution in [0.15, 0.2) is 53.6 Å². The predicted octanol–water partition coefficient (Wildman–Crippen LogP) is 2.18. The number of fused-ring (bicyclic) bond motifs is 5. The molecule has 0 saturated carbocycles. The van der Waals surface area contributed by atoms with Gasteiger partial charge in [-0.15, -0.1) is 0 Å². The fourth-order valence-corrected chi connectivity index (χ4v) is 4.50. The van der Waals surface area contributed by atoms with E-state index < -0.39 is 29.8 Å². The second-order valence-electron chi connectivity index (χ2n) is 6.92. The first kappa shape index (κ1) is 16.2. The summed E-state index contributed by atoms with van der Waals surface area (Å²) in [5.41, 5.74) is 2.23. The molecule has 0 spiro atoms. The number of carbonyl (C=O) groups is 3. The SMILES string of the molecule is O=C1NC(=O)[C@H]2[C@@H]1[C@H](C(=O)c1ccc(Cl)cc1)N1N=Cc3ccccc3[C@@H]21. The first-order valence-electron chi connectivity index (χ1n) is 8.62. The number of imide groups is 1. The Kier molecular flexibility index (Phi) is 3.45. The van der Waals surface area contributed by atoms with Crippen molar-refractivity contribution in [3.8, 4) is 0 Å². The van der Waals surface area contributed by atoms with Gasteiger partial charge in [0.05, 0.1) is 24.1 Å². The number of halogens is 1. The fourth-order valence-electron chi connectivity index (χ4n) is 4.37. The molecule has 0 radical (unpaired) electrons. The molecule has 2 aromatic carbocycles. The van der Waals surface area contributed by atoms with Gasteiger partial charge in [-0.3, -0.25) is 24.7 Å². The number of Topliss-reactive ketones (excluding diaryl/α,β-unsaturated/α-hetero) is 1. The number of nitrogens with zero attached hydrogens (tertiary/aromatic N) is 2. The first-order valence-corrected chi connectivity index (χ1v) is 9.00. The van der Waals surface area contributed by atoms with Crippen LogP contribution in [0.5, 0.6) is 0 Å². The van der Waals surface area contributed by atoms with E-state index >= 15 is 0 Å². The highest BCUT2D eigenvalue weighted by atomic mass is 35.5. The molecule has 6 nitrogen and oxygen atoms in total. The van der Waals surface area contributed by atoms with Gasteiger partial charge in [-0.25, -0.2) is 0 Å². The lowest BCUT2D eigenvalue weighted by atomic mass is 9.83. The van der Waals surface area contributed by atoms with Crippen LogP contribution in [0, 0.1) is 11.8 Å². The summed E-state index contributed by atoms with van der Waals surface area (Å²) >= 11 is 5.92. The second kappa shape index (κ2) is 5.76. The Labute approximate surface area is 159 Å². The summed E-state index contributed by atoms with van der Waals surface area (Å²) in [6.45, 7) is 0. The Morgan fingerprint density at radius 3 is 2.48 bits per heavy atom.